The largest absolute Gasteiger partial charge is 0.534 e. The molecule has 2 aliphatic rings. The summed E-state index contributed by atoms with van der Waals surface area (Å²) >= 11 is 6.09. The molecule has 0 unspecified atom stereocenters. The molecule has 1 aromatic carbocycles. The zero-order chi connectivity index (χ0) is 23.2. The van der Waals surface area contributed by atoms with Crippen LogP contribution in [0.4, 0.5) is 18.0 Å². The Balaban J connectivity index is 1.90. The van der Waals surface area contributed by atoms with Gasteiger partial charge in [0.1, 0.15) is 17.0 Å². The molecule has 0 atom stereocenters. The predicted octanol–water partition coefficient (Wildman–Crippen LogP) is 4.71. The zero-order valence-electron chi connectivity index (χ0n) is 17.0. The molecule has 0 radical (unpaired) electrons. The highest BCUT2D eigenvalue weighted by Gasteiger charge is 2.50. The molecule has 3 rings (SSSR count). The van der Waals surface area contributed by atoms with Crippen molar-refractivity contribution in [1.29, 1.82) is 0 Å². The second kappa shape index (κ2) is 7.77. The quantitative estimate of drug-likeness (QED) is 0.447. The molecule has 0 aromatic heterocycles. The Labute approximate surface area is 182 Å². The summed E-state index contributed by atoms with van der Waals surface area (Å²) in [6.45, 7) is 5.55. The number of halogens is 4. The van der Waals surface area contributed by atoms with Crippen LogP contribution in [0.5, 0.6) is 5.75 Å². The van der Waals surface area contributed by atoms with Crippen LogP contribution in [0.25, 0.3) is 5.76 Å². The normalized spacial score (nSPS) is 18.7. The molecule has 1 amide bonds. The average molecular weight is 484 g/mol. The molecule has 1 spiro atoms. The Kier molecular flexibility index (Phi) is 5.90. The van der Waals surface area contributed by atoms with Crippen LogP contribution >= 0.6 is 11.6 Å². The number of amides is 1. The van der Waals surface area contributed by atoms with Crippen LogP contribution in [-0.2, 0) is 19.0 Å². The number of carbonyl (C=O) groups is 1. The zero-order valence-corrected chi connectivity index (χ0v) is 18.5. The number of nitrogens with zero attached hydrogens (tertiary/aromatic N) is 1. The number of piperidine rings is 1. The smallest absolute Gasteiger partial charge is 0.482 e. The van der Waals surface area contributed by atoms with E-state index in [2.05, 4.69) is 4.18 Å². The van der Waals surface area contributed by atoms with Gasteiger partial charge in [-0.25, -0.2) is 4.79 Å². The van der Waals surface area contributed by atoms with Crippen LogP contribution in [-0.4, -0.2) is 49.2 Å². The second-order valence-corrected chi connectivity index (χ2v) is 10.2. The predicted molar refractivity (Wildman–Crippen MR) is 106 cm³/mol. The monoisotopic (exact) mass is 483 g/mol. The highest BCUT2D eigenvalue weighted by molar-refractivity contribution is 7.87. The van der Waals surface area contributed by atoms with Crippen molar-refractivity contribution in [2.45, 2.75) is 50.3 Å². The Morgan fingerprint density at radius 2 is 1.81 bits per heavy atom. The fourth-order valence-corrected chi connectivity index (χ4v) is 3.98. The molecule has 2 heterocycles. The van der Waals surface area contributed by atoms with Crippen molar-refractivity contribution in [3.63, 3.8) is 0 Å². The van der Waals surface area contributed by atoms with E-state index in [0.717, 1.165) is 0 Å². The Morgan fingerprint density at radius 3 is 2.35 bits per heavy atom. The van der Waals surface area contributed by atoms with E-state index in [1.54, 1.807) is 20.8 Å². The molecule has 31 heavy (non-hydrogen) atoms. The number of benzene rings is 1. The number of rotatable bonds is 2. The Morgan fingerprint density at radius 1 is 1.19 bits per heavy atom. The van der Waals surface area contributed by atoms with E-state index in [0.29, 0.717) is 0 Å². The van der Waals surface area contributed by atoms with Gasteiger partial charge in [0.25, 0.3) is 0 Å². The van der Waals surface area contributed by atoms with Crippen LogP contribution in [0.2, 0.25) is 5.02 Å². The summed E-state index contributed by atoms with van der Waals surface area (Å²) in [4.78, 5) is 13.7. The van der Waals surface area contributed by atoms with Gasteiger partial charge in [0.2, 0.25) is 0 Å². The minimum Gasteiger partial charge on any atom is -0.482 e. The maximum atomic E-state index is 12.9. The van der Waals surface area contributed by atoms with Gasteiger partial charge in [-0.15, -0.1) is 0 Å². The van der Waals surface area contributed by atoms with Gasteiger partial charge in [0.05, 0.1) is 10.6 Å². The molecular formula is C19H21ClF3NO6S. The topological polar surface area (TPSA) is 82.1 Å². The van der Waals surface area contributed by atoms with E-state index in [1.807, 2.05) is 0 Å². The first-order valence-electron chi connectivity index (χ1n) is 9.32. The lowest BCUT2D eigenvalue weighted by Gasteiger charge is -2.42. The first-order valence-corrected chi connectivity index (χ1v) is 11.1. The number of ether oxygens (including phenoxy) is 2. The molecule has 1 saturated heterocycles. The fourth-order valence-electron chi connectivity index (χ4n) is 3.26. The number of carbonyl (C=O) groups excluding carboxylic acids is 1. The molecule has 12 heteroatoms. The van der Waals surface area contributed by atoms with Crippen molar-refractivity contribution in [2.75, 3.05) is 13.1 Å². The molecule has 0 saturated carbocycles. The summed E-state index contributed by atoms with van der Waals surface area (Å²) in [7, 11) is -5.92. The summed E-state index contributed by atoms with van der Waals surface area (Å²) in [5.74, 6) is -0.469. The Bertz CT molecular complexity index is 1010. The lowest BCUT2D eigenvalue weighted by molar-refractivity contribution is -0.0512. The van der Waals surface area contributed by atoms with Crippen molar-refractivity contribution in [2.24, 2.45) is 0 Å². The van der Waals surface area contributed by atoms with Crippen molar-refractivity contribution < 1.29 is 40.0 Å². The molecule has 7 nitrogen and oxygen atoms in total. The number of hydrogen-bond acceptors (Lipinski definition) is 6. The molecule has 0 N–H and O–H groups in total. The van der Waals surface area contributed by atoms with Gasteiger partial charge in [-0.2, -0.15) is 21.6 Å². The number of likely N-dealkylation sites (tertiary alicyclic amines) is 1. The number of hydrogen-bond donors (Lipinski definition) is 0. The molecule has 2 aliphatic heterocycles. The third-order valence-corrected chi connectivity index (χ3v) is 5.95. The average Bonchev–Trinajstić information content (AvgIpc) is 2.59. The van der Waals surface area contributed by atoms with E-state index in [9.17, 15) is 26.4 Å². The lowest BCUT2D eigenvalue weighted by atomic mass is 9.87. The molecule has 1 aromatic rings. The summed E-state index contributed by atoms with van der Waals surface area (Å²) in [5, 5.41) is -0.0258. The van der Waals surface area contributed by atoms with Gasteiger partial charge in [-0.3, -0.25) is 0 Å². The van der Waals surface area contributed by atoms with E-state index in [1.165, 1.54) is 29.2 Å². The number of fused-ring (bicyclic) bond motifs is 1. The summed E-state index contributed by atoms with van der Waals surface area (Å²) in [5.41, 5.74) is -7.55. The SMILES string of the molecule is CC(C)(C)OC(=O)N1CCC2(C=C(OS(=O)(=O)C(F)(F)F)c3c(Cl)cccc3O2)CC1. The summed E-state index contributed by atoms with van der Waals surface area (Å²) < 4.78 is 77.8. The number of alkyl halides is 3. The Hall–Kier alpha value is -2.14. The van der Waals surface area contributed by atoms with Crippen LogP contribution in [0.3, 0.4) is 0 Å². The molecule has 0 aliphatic carbocycles. The van der Waals surface area contributed by atoms with Gasteiger partial charge in [0, 0.05) is 32.0 Å². The van der Waals surface area contributed by atoms with Gasteiger partial charge in [-0.05, 0) is 32.9 Å². The van der Waals surface area contributed by atoms with E-state index < -0.39 is 38.7 Å². The van der Waals surface area contributed by atoms with Crippen molar-refractivity contribution in [3.05, 3.63) is 34.9 Å². The van der Waals surface area contributed by atoms with Gasteiger partial charge in [-0.1, -0.05) is 17.7 Å². The summed E-state index contributed by atoms with van der Waals surface area (Å²) in [6, 6.07) is 4.36. The highest BCUT2D eigenvalue weighted by atomic mass is 35.5. The molecule has 172 valence electrons. The van der Waals surface area contributed by atoms with Crippen LogP contribution in [0, 0.1) is 0 Å². The molecule has 0 bridgehead atoms. The summed E-state index contributed by atoms with van der Waals surface area (Å²) in [6.07, 6.45) is 1.02. The van der Waals surface area contributed by atoms with Crippen molar-refractivity contribution in [3.8, 4) is 5.75 Å². The fraction of sp³-hybridized carbons (Fsp3) is 0.526. The first-order chi connectivity index (χ1) is 14.1. The van der Waals surface area contributed by atoms with Gasteiger partial charge >= 0.3 is 21.7 Å². The molecular weight excluding hydrogens is 463 g/mol. The van der Waals surface area contributed by atoms with E-state index in [4.69, 9.17) is 21.1 Å². The minimum atomic E-state index is -5.92. The minimum absolute atomic E-state index is 0.0258. The maximum absolute atomic E-state index is 12.9. The molecule has 1 fully saturated rings. The van der Waals surface area contributed by atoms with Gasteiger partial charge in [0.15, 0.2) is 5.76 Å². The third kappa shape index (κ3) is 5.03. The van der Waals surface area contributed by atoms with Crippen LogP contribution in [0.15, 0.2) is 24.3 Å². The van der Waals surface area contributed by atoms with Gasteiger partial charge < -0.3 is 18.6 Å². The second-order valence-electron chi connectivity index (χ2n) is 8.24. The first kappa shape index (κ1) is 23.5. The van der Waals surface area contributed by atoms with Crippen molar-refractivity contribution in [1.82, 2.24) is 4.90 Å². The van der Waals surface area contributed by atoms with E-state index in [-0.39, 0.29) is 42.3 Å². The third-order valence-electron chi connectivity index (χ3n) is 4.67. The standard InChI is InChI=1S/C19H21ClF3NO6S/c1-17(2,3)29-16(25)24-9-7-18(8-10-24)11-14(30-31(26,27)19(21,22)23)15-12(20)5-4-6-13(15)28-18/h4-6,11H,7-10H2,1-3H3. The van der Waals surface area contributed by atoms with Crippen molar-refractivity contribution >= 4 is 33.6 Å². The maximum Gasteiger partial charge on any atom is 0.534 e. The van der Waals surface area contributed by atoms with Crippen LogP contribution in [0.1, 0.15) is 39.2 Å². The lowest BCUT2D eigenvalue weighted by Crippen LogP contribution is -2.50. The highest BCUT2D eigenvalue weighted by Crippen LogP contribution is 2.45. The van der Waals surface area contributed by atoms with E-state index >= 15 is 0 Å². The van der Waals surface area contributed by atoms with Crippen LogP contribution < -0.4 is 4.74 Å².